The van der Waals surface area contributed by atoms with Crippen LogP contribution in [0.25, 0.3) is 0 Å². The molecule has 0 aliphatic carbocycles. The van der Waals surface area contributed by atoms with Crippen molar-refractivity contribution in [3.8, 4) is 5.75 Å². The van der Waals surface area contributed by atoms with Crippen molar-refractivity contribution >= 4 is 21.6 Å². The molecule has 0 saturated carbocycles. The van der Waals surface area contributed by atoms with Gasteiger partial charge in [-0.25, -0.2) is 8.42 Å². The highest BCUT2D eigenvalue weighted by molar-refractivity contribution is 7.89. The Hall–Kier alpha value is -2.42. The first kappa shape index (κ1) is 19.9. The van der Waals surface area contributed by atoms with E-state index < -0.39 is 15.9 Å². The van der Waals surface area contributed by atoms with Crippen LogP contribution in [-0.4, -0.2) is 36.8 Å². The Morgan fingerprint density at radius 2 is 1.73 bits per heavy atom. The summed E-state index contributed by atoms with van der Waals surface area (Å²) >= 11 is 0. The number of carbonyl (C=O) groups excluding carboxylic acids is 1. The van der Waals surface area contributed by atoms with Gasteiger partial charge in [-0.15, -0.1) is 0 Å². The minimum atomic E-state index is -3.69. The summed E-state index contributed by atoms with van der Waals surface area (Å²) in [6.45, 7) is 4.52. The van der Waals surface area contributed by atoms with Crippen molar-refractivity contribution in [1.82, 2.24) is 4.31 Å². The second-order valence-electron chi connectivity index (χ2n) is 5.62. The van der Waals surface area contributed by atoms with Gasteiger partial charge in [0, 0.05) is 25.2 Å². The van der Waals surface area contributed by atoms with Gasteiger partial charge in [-0.05, 0) is 35.9 Å². The van der Waals surface area contributed by atoms with E-state index in [0.29, 0.717) is 25.2 Å². The number of hydrogen-bond donors (Lipinski definition) is 3. The number of phenols is 1. The molecular formula is C18H23N3O4S. The van der Waals surface area contributed by atoms with E-state index in [2.05, 4.69) is 5.32 Å². The van der Waals surface area contributed by atoms with Crippen LogP contribution in [0.4, 0.5) is 5.69 Å². The maximum absolute atomic E-state index is 12.6. The van der Waals surface area contributed by atoms with Crippen molar-refractivity contribution in [3.05, 3.63) is 53.6 Å². The highest BCUT2D eigenvalue weighted by Crippen LogP contribution is 2.28. The lowest BCUT2D eigenvalue weighted by Gasteiger charge is -2.19. The standard InChI is InChI=1S/C18H23N3O4S/c1-3-21(4-2)26(24,25)15-9-10-17(22)16(11-15)20-18(23)14-7-5-13(12-19)6-8-14/h5-11,22H,3-4,12,19H2,1-2H3,(H,20,23). The molecule has 0 saturated heterocycles. The van der Waals surface area contributed by atoms with Crippen LogP contribution in [0.1, 0.15) is 29.8 Å². The highest BCUT2D eigenvalue weighted by Gasteiger charge is 2.23. The molecule has 0 aliphatic rings. The van der Waals surface area contributed by atoms with Crippen molar-refractivity contribution in [3.63, 3.8) is 0 Å². The molecule has 0 heterocycles. The monoisotopic (exact) mass is 377 g/mol. The number of nitrogens with two attached hydrogens (primary N) is 1. The quantitative estimate of drug-likeness (QED) is 0.640. The molecule has 8 heteroatoms. The average Bonchev–Trinajstić information content (AvgIpc) is 2.64. The van der Waals surface area contributed by atoms with E-state index >= 15 is 0 Å². The van der Waals surface area contributed by atoms with Gasteiger partial charge in [0.2, 0.25) is 10.0 Å². The Morgan fingerprint density at radius 1 is 1.12 bits per heavy atom. The van der Waals surface area contributed by atoms with Crippen molar-refractivity contribution in [2.45, 2.75) is 25.3 Å². The van der Waals surface area contributed by atoms with Gasteiger partial charge in [0.1, 0.15) is 5.75 Å². The minimum Gasteiger partial charge on any atom is -0.506 e. The number of anilines is 1. The molecule has 0 aliphatic heterocycles. The van der Waals surface area contributed by atoms with Crippen LogP contribution in [0.5, 0.6) is 5.75 Å². The molecule has 0 radical (unpaired) electrons. The first-order valence-electron chi connectivity index (χ1n) is 8.27. The molecular weight excluding hydrogens is 354 g/mol. The Balaban J connectivity index is 2.31. The number of nitrogens with one attached hydrogen (secondary N) is 1. The highest BCUT2D eigenvalue weighted by atomic mass is 32.2. The van der Waals surface area contributed by atoms with Crippen LogP contribution < -0.4 is 11.1 Å². The van der Waals surface area contributed by atoms with Crippen molar-refractivity contribution in [2.75, 3.05) is 18.4 Å². The maximum atomic E-state index is 12.6. The summed E-state index contributed by atoms with van der Waals surface area (Å²) in [6.07, 6.45) is 0. The van der Waals surface area contributed by atoms with E-state index in [4.69, 9.17) is 5.73 Å². The summed E-state index contributed by atoms with van der Waals surface area (Å²) in [7, 11) is -3.69. The fraction of sp³-hybridized carbons (Fsp3) is 0.278. The first-order valence-corrected chi connectivity index (χ1v) is 9.71. The number of benzene rings is 2. The molecule has 2 aromatic rings. The van der Waals surface area contributed by atoms with Crippen LogP contribution in [0.2, 0.25) is 0 Å². The van der Waals surface area contributed by atoms with Gasteiger partial charge >= 0.3 is 0 Å². The summed E-state index contributed by atoms with van der Waals surface area (Å²) in [4.78, 5) is 12.4. The first-order chi connectivity index (χ1) is 12.3. The fourth-order valence-corrected chi connectivity index (χ4v) is 3.96. The number of sulfonamides is 1. The van der Waals surface area contributed by atoms with Gasteiger partial charge in [0.25, 0.3) is 5.91 Å². The molecule has 2 aromatic carbocycles. The van der Waals surface area contributed by atoms with Gasteiger partial charge in [-0.1, -0.05) is 26.0 Å². The van der Waals surface area contributed by atoms with Crippen LogP contribution in [0.15, 0.2) is 47.4 Å². The number of nitrogens with zero attached hydrogens (tertiary/aromatic N) is 1. The summed E-state index contributed by atoms with van der Waals surface area (Å²) < 4.78 is 26.5. The molecule has 0 aromatic heterocycles. The molecule has 26 heavy (non-hydrogen) atoms. The molecule has 7 nitrogen and oxygen atoms in total. The van der Waals surface area contributed by atoms with Crippen LogP contribution in [0.3, 0.4) is 0 Å². The molecule has 0 atom stereocenters. The molecule has 4 N–H and O–H groups in total. The lowest BCUT2D eigenvalue weighted by Crippen LogP contribution is -2.30. The second kappa shape index (κ2) is 8.31. The third-order valence-electron chi connectivity index (χ3n) is 4.01. The number of aromatic hydroxyl groups is 1. The Labute approximate surface area is 153 Å². The minimum absolute atomic E-state index is 0.00720. The zero-order chi connectivity index (χ0) is 19.3. The SMILES string of the molecule is CCN(CC)S(=O)(=O)c1ccc(O)c(NC(=O)c2ccc(CN)cc2)c1. The number of amides is 1. The zero-order valence-corrected chi connectivity index (χ0v) is 15.6. The summed E-state index contributed by atoms with van der Waals surface area (Å²) in [5.41, 5.74) is 6.82. The molecule has 2 rings (SSSR count). The lowest BCUT2D eigenvalue weighted by molar-refractivity contribution is 0.102. The van der Waals surface area contributed by atoms with Crippen LogP contribution in [-0.2, 0) is 16.6 Å². The van der Waals surface area contributed by atoms with Gasteiger partial charge in [-0.3, -0.25) is 4.79 Å². The molecule has 0 unspecified atom stereocenters. The summed E-state index contributed by atoms with van der Waals surface area (Å²) in [6, 6.07) is 10.5. The fourth-order valence-electron chi connectivity index (χ4n) is 2.48. The van der Waals surface area contributed by atoms with Gasteiger partial charge in [0.05, 0.1) is 10.6 Å². The maximum Gasteiger partial charge on any atom is 0.255 e. The van der Waals surface area contributed by atoms with E-state index in [1.807, 2.05) is 0 Å². The largest absolute Gasteiger partial charge is 0.506 e. The van der Waals surface area contributed by atoms with E-state index in [9.17, 15) is 18.3 Å². The molecule has 0 fully saturated rings. The number of carbonyl (C=O) groups is 1. The third kappa shape index (κ3) is 4.21. The van der Waals surface area contributed by atoms with Gasteiger partial charge < -0.3 is 16.2 Å². The van der Waals surface area contributed by atoms with Crippen LogP contribution in [0, 0.1) is 0 Å². The predicted octanol–water partition coefficient (Wildman–Crippen LogP) is 2.13. The van der Waals surface area contributed by atoms with Crippen molar-refractivity contribution in [2.24, 2.45) is 5.73 Å². The molecule has 140 valence electrons. The second-order valence-corrected chi connectivity index (χ2v) is 7.56. The number of phenolic OH excluding ortho intramolecular Hbond substituents is 1. The lowest BCUT2D eigenvalue weighted by atomic mass is 10.1. The Morgan fingerprint density at radius 3 is 2.27 bits per heavy atom. The molecule has 0 spiro atoms. The Bertz CT molecular complexity index is 876. The predicted molar refractivity (Wildman–Crippen MR) is 101 cm³/mol. The molecule has 1 amide bonds. The van der Waals surface area contributed by atoms with Crippen molar-refractivity contribution < 1.29 is 18.3 Å². The topological polar surface area (TPSA) is 113 Å². The number of hydrogen-bond acceptors (Lipinski definition) is 5. The smallest absolute Gasteiger partial charge is 0.255 e. The van der Waals surface area contributed by atoms with Gasteiger partial charge in [0.15, 0.2) is 0 Å². The third-order valence-corrected chi connectivity index (χ3v) is 6.06. The Kier molecular flexibility index (Phi) is 6.36. The normalized spacial score (nSPS) is 11.5. The average molecular weight is 377 g/mol. The van der Waals surface area contributed by atoms with Crippen LogP contribution >= 0.6 is 0 Å². The van der Waals surface area contributed by atoms with E-state index in [1.54, 1.807) is 38.1 Å². The van der Waals surface area contributed by atoms with E-state index in [0.717, 1.165) is 5.56 Å². The zero-order valence-electron chi connectivity index (χ0n) is 14.8. The van der Waals surface area contributed by atoms with Gasteiger partial charge in [-0.2, -0.15) is 4.31 Å². The molecule has 0 bridgehead atoms. The van der Waals surface area contributed by atoms with Crippen molar-refractivity contribution in [1.29, 1.82) is 0 Å². The number of rotatable bonds is 7. The summed E-state index contributed by atoms with van der Waals surface area (Å²) in [5.74, 6) is -0.670. The summed E-state index contributed by atoms with van der Waals surface area (Å²) in [5, 5.41) is 12.5. The van der Waals surface area contributed by atoms with E-state index in [-0.39, 0.29) is 16.3 Å². The van der Waals surface area contributed by atoms with E-state index in [1.165, 1.54) is 22.5 Å².